The molecule has 1 aromatic rings. The minimum absolute atomic E-state index is 0.533. The predicted octanol–water partition coefficient (Wildman–Crippen LogP) is 1.90. The first-order valence-electron chi connectivity index (χ1n) is 5.03. The van der Waals surface area contributed by atoms with E-state index in [0.29, 0.717) is 17.6 Å². The lowest BCUT2D eigenvalue weighted by Gasteiger charge is -2.24. The third-order valence-corrected chi connectivity index (χ3v) is 2.83. The quantitative estimate of drug-likeness (QED) is 0.777. The van der Waals surface area contributed by atoms with Gasteiger partial charge in [-0.2, -0.15) is 0 Å². The van der Waals surface area contributed by atoms with Gasteiger partial charge in [-0.05, 0) is 25.5 Å². The number of rotatable bonds is 3. The molecule has 0 spiro atoms. The monoisotopic (exact) mass is 211 g/mol. The third kappa shape index (κ3) is 2.04. The lowest BCUT2D eigenvalue weighted by molar-refractivity contribution is 0.400. The second-order valence-corrected chi connectivity index (χ2v) is 4.09. The standard InChI is InChI=1S/C10H14ClN3/c11-9-6-8(4-5-12)13-10(14-9)7-2-1-3-7/h6-7H,1-5,12H2. The Morgan fingerprint density at radius 1 is 1.43 bits per heavy atom. The van der Waals surface area contributed by atoms with E-state index in [1.165, 1.54) is 19.3 Å². The second kappa shape index (κ2) is 4.24. The summed E-state index contributed by atoms with van der Waals surface area (Å²) in [6.45, 7) is 0.609. The van der Waals surface area contributed by atoms with Crippen molar-refractivity contribution in [2.75, 3.05) is 6.54 Å². The van der Waals surface area contributed by atoms with E-state index in [0.717, 1.165) is 17.9 Å². The van der Waals surface area contributed by atoms with Crippen molar-refractivity contribution in [2.24, 2.45) is 5.73 Å². The van der Waals surface area contributed by atoms with Crippen LogP contribution in [0, 0.1) is 0 Å². The van der Waals surface area contributed by atoms with Gasteiger partial charge in [0.1, 0.15) is 11.0 Å². The molecule has 1 aliphatic carbocycles. The van der Waals surface area contributed by atoms with Gasteiger partial charge < -0.3 is 5.73 Å². The summed E-state index contributed by atoms with van der Waals surface area (Å²) in [4.78, 5) is 8.72. The maximum atomic E-state index is 5.92. The van der Waals surface area contributed by atoms with Crippen molar-refractivity contribution in [1.82, 2.24) is 9.97 Å². The molecular formula is C10H14ClN3. The molecule has 1 heterocycles. The summed E-state index contributed by atoms with van der Waals surface area (Å²) >= 11 is 5.92. The van der Waals surface area contributed by atoms with Crippen LogP contribution >= 0.6 is 11.6 Å². The van der Waals surface area contributed by atoms with Gasteiger partial charge >= 0.3 is 0 Å². The molecule has 0 unspecified atom stereocenters. The number of hydrogen-bond donors (Lipinski definition) is 1. The summed E-state index contributed by atoms with van der Waals surface area (Å²) in [6.07, 6.45) is 4.46. The van der Waals surface area contributed by atoms with Crippen molar-refractivity contribution in [3.05, 3.63) is 22.7 Å². The Kier molecular flexibility index (Phi) is 2.99. The fraction of sp³-hybridized carbons (Fsp3) is 0.600. The minimum Gasteiger partial charge on any atom is -0.330 e. The number of nitrogens with two attached hydrogens (primary N) is 1. The van der Waals surface area contributed by atoms with Crippen molar-refractivity contribution in [1.29, 1.82) is 0 Å². The molecule has 0 saturated heterocycles. The molecule has 1 aliphatic rings. The average Bonchev–Trinajstić information content (AvgIpc) is 1.99. The molecule has 3 nitrogen and oxygen atoms in total. The van der Waals surface area contributed by atoms with Crippen molar-refractivity contribution in [2.45, 2.75) is 31.6 Å². The van der Waals surface area contributed by atoms with Gasteiger partial charge in [-0.3, -0.25) is 0 Å². The normalized spacial score (nSPS) is 16.7. The molecule has 1 aromatic heterocycles. The van der Waals surface area contributed by atoms with Gasteiger partial charge in [0.2, 0.25) is 0 Å². The highest BCUT2D eigenvalue weighted by Crippen LogP contribution is 2.34. The van der Waals surface area contributed by atoms with Crippen LogP contribution in [0.5, 0.6) is 0 Å². The van der Waals surface area contributed by atoms with E-state index in [1.54, 1.807) is 6.07 Å². The lowest BCUT2D eigenvalue weighted by Crippen LogP contribution is -2.14. The third-order valence-electron chi connectivity index (χ3n) is 2.64. The number of aromatic nitrogens is 2. The van der Waals surface area contributed by atoms with Crippen LogP contribution in [-0.4, -0.2) is 16.5 Å². The van der Waals surface area contributed by atoms with E-state index in [9.17, 15) is 0 Å². The number of nitrogens with zero attached hydrogens (tertiary/aromatic N) is 2. The van der Waals surface area contributed by atoms with Crippen molar-refractivity contribution < 1.29 is 0 Å². The van der Waals surface area contributed by atoms with Crippen LogP contribution in [0.2, 0.25) is 5.15 Å². The van der Waals surface area contributed by atoms with Crippen LogP contribution < -0.4 is 5.73 Å². The zero-order chi connectivity index (χ0) is 9.97. The summed E-state index contributed by atoms with van der Waals surface area (Å²) in [5.74, 6) is 1.44. The van der Waals surface area contributed by atoms with Crippen LogP contribution in [0.4, 0.5) is 0 Å². The maximum Gasteiger partial charge on any atom is 0.133 e. The van der Waals surface area contributed by atoms with E-state index < -0.39 is 0 Å². The molecule has 2 N–H and O–H groups in total. The topological polar surface area (TPSA) is 51.8 Å². The molecule has 0 bridgehead atoms. The Labute approximate surface area is 88.7 Å². The van der Waals surface area contributed by atoms with Crippen LogP contribution in [0.3, 0.4) is 0 Å². The Bertz CT molecular complexity index is 323. The van der Waals surface area contributed by atoms with Crippen LogP contribution in [0.15, 0.2) is 6.07 Å². The van der Waals surface area contributed by atoms with E-state index >= 15 is 0 Å². The molecular weight excluding hydrogens is 198 g/mol. The highest BCUT2D eigenvalue weighted by atomic mass is 35.5. The maximum absolute atomic E-state index is 5.92. The summed E-state index contributed by atoms with van der Waals surface area (Å²) in [5, 5.41) is 0.547. The fourth-order valence-electron chi connectivity index (χ4n) is 1.61. The Hall–Kier alpha value is -0.670. The van der Waals surface area contributed by atoms with Crippen molar-refractivity contribution in [3.63, 3.8) is 0 Å². The molecule has 0 atom stereocenters. The molecule has 0 amide bonds. The van der Waals surface area contributed by atoms with Gasteiger partial charge in [0.25, 0.3) is 0 Å². The van der Waals surface area contributed by atoms with E-state index in [2.05, 4.69) is 9.97 Å². The van der Waals surface area contributed by atoms with Gasteiger partial charge in [-0.1, -0.05) is 18.0 Å². The average molecular weight is 212 g/mol. The zero-order valence-electron chi connectivity index (χ0n) is 8.04. The molecule has 0 radical (unpaired) electrons. The fourth-order valence-corrected chi connectivity index (χ4v) is 1.82. The molecule has 1 saturated carbocycles. The largest absolute Gasteiger partial charge is 0.330 e. The van der Waals surface area contributed by atoms with Crippen LogP contribution in [-0.2, 0) is 6.42 Å². The molecule has 14 heavy (non-hydrogen) atoms. The summed E-state index contributed by atoms with van der Waals surface area (Å²) in [5.41, 5.74) is 6.45. The molecule has 1 fully saturated rings. The molecule has 0 aliphatic heterocycles. The number of hydrogen-bond acceptors (Lipinski definition) is 3. The van der Waals surface area contributed by atoms with Gasteiger partial charge in [0.15, 0.2) is 0 Å². The summed E-state index contributed by atoms with van der Waals surface area (Å²) in [6, 6.07) is 1.80. The van der Waals surface area contributed by atoms with E-state index in [4.69, 9.17) is 17.3 Å². The van der Waals surface area contributed by atoms with Crippen molar-refractivity contribution in [3.8, 4) is 0 Å². The van der Waals surface area contributed by atoms with E-state index in [1.807, 2.05) is 0 Å². The highest BCUT2D eigenvalue weighted by molar-refractivity contribution is 6.29. The lowest BCUT2D eigenvalue weighted by atomic mass is 9.85. The minimum atomic E-state index is 0.533. The van der Waals surface area contributed by atoms with Crippen LogP contribution in [0.1, 0.15) is 36.7 Å². The van der Waals surface area contributed by atoms with Crippen LogP contribution in [0.25, 0.3) is 0 Å². The first kappa shape index (κ1) is 9.87. The van der Waals surface area contributed by atoms with Crippen molar-refractivity contribution >= 4 is 11.6 Å². The van der Waals surface area contributed by atoms with E-state index in [-0.39, 0.29) is 0 Å². The Balaban J connectivity index is 2.21. The molecule has 2 rings (SSSR count). The van der Waals surface area contributed by atoms with Gasteiger partial charge in [-0.15, -0.1) is 0 Å². The van der Waals surface area contributed by atoms with Gasteiger partial charge in [-0.25, -0.2) is 9.97 Å². The first-order valence-corrected chi connectivity index (χ1v) is 5.41. The first-order chi connectivity index (χ1) is 6.79. The molecule has 76 valence electrons. The second-order valence-electron chi connectivity index (χ2n) is 3.71. The molecule has 0 aromatic carbocycles. The molecule has 4 heteroatoms. The number of halogens is 1. The SMILES string of the molecule is NCCc1cc(Cl)nc(C2CCC2)n1. The zero-order valence-corrected chi connectivity index (χ0v) is 8.80. The van der Waals surface area contributed by atoms with Gasteiger partial charge in [0.05, 0.1) is 0 Å². The smallest absolute Gasteiger partial charge is 0.133 e. The Morgan fingerprint density at radius 3 is 2.79 bits per heavy atom. The predicted molar refractivity (Wildman–Crippen MR) is 56.4 cm³/mol. The van der Waals surface area contributed by atoms with Gasteiger partial charge in [0, 0.05) is 18.0 Å². The Morgan fingerprint density at radius 2 is 2.21 bits per heavy atom. The highest BCUT2D eigenvalue weighted by Gasteiger charge is 2.22. The summed E-state index contributed by atoms with van der Waals surface area (Å²) < 4.78 is 0. The summed E-state index contributed by atoms with van der Waals surface area (Å²) in [7, 11) is 0.